The molecule has 0 radical (unpaired) electrons. The number of benzene rings is 1. The summed E-state index contributed by atoms with van der Waals surface area (Å²) in [6.45, 7) is 2.67. The standard InChI is InChI=1S/C18H27N3O3/c1-12-5-7-13(8-6-12)17-15(9-16(23)21(17)4)18(24)19-10-14(22)11-20(2)3/h5-8,14-15,17,22H,9-11H2,1-4H3,(H,19,24). The fourth-order valence-corrected chi connectivity index (χ4v) is 3.16. The molecule has 3 unspecified atom stereocenters. The van der Waals surface area contributed by atoms with Crippen LogP contribution < -0.4 is 5.32 Å². The summed E-state index contributed by atoms with van der Waals surface area (Å²) in [6, 6.07) is 7.65. The number of likely N-dealkylation sites (tertiary alicyclic amines) is 1. The number of aliphatic hydroxyl groups is 1. The highest BCUT2D eigenvalue weighted by Crippen LogP contribution is 2.37. The fourth-order valence-electron chi connectivity index (χ4n) is 3.16. The van der Waals surface area contributed by atoms with Gasteiger partial charge in [-0.05, 0) is 26.6 Å². The van der Waals surface area contributed by atoms with Gasteiger partial charge in [0.2, 0.25) is 11.8 Å². The lowest BCUT2D eigenvalue weighted by atomic mass is 9.92. The van der Waals surface area contributed by atoms with Crippen LogP contribution in [0.25, 0.3) is 0 Å². The number of carbonyl (C=O) groups excluding carboxylic acids is 2. The van der Waals surface area contributed by atoms with Crippen LogP contribution in [-0.2, 0) is 9.59 Å². The number of aryl methyl sites for hydroxylation is 1. The normalized spacial score (nSPS) is 22.1. The van der Waals surface area contributed by atoms with E-state index in [1.54, 1.807) is 11.9 Å². The zero-order valence-electron chi connectivity index (χ0n) is 14.8. The van der Waals surface area contributed by atoms with Crippen molar-refractivity contribution in [3.63, 3.8) is 0 Å². The van der Waals surface area contributed by atoms with E-state index in [2.05, 4.69) is 5.32 Å². The number of rotatable bonds is 6. The lowest BCUT2D eigenvalue weighted by Gasteiger charge is -2.25. The highest BCUT2D eigenvalue weighted by Gasteiger charge is 2.42. The molecule has 3 atom stereocenters. The molecular formula is C18H27N3O3. The molecule has 1 aliphatic rings. The second kappa shape index (κ2) is 7.77. The van der Waals surface area contributed by atoms with Gasteiger partial charge in [0, 0.05) is 26.6 Å². The molecular weight excluding hydrogens is 306 g/mol. The van der Waals surface area contributed by atoms with Crippen LogP contribution in [0.3, 0.4) is 0 Å². The highest BCUT2D eigenvalue weighted by atomic mass is 16.3. The van der Waals surface area contributed by atoms with Gasteiger partial charge in [-0.1, -0.05) is 29.8 Å². The molecule has 0 saturated carbocycles. The summed E-state index contributed by atoms with van der Waals surface area (Å²) >= 11 is 0. The molecule has 1 aromatic carbocycles. The molecule has 0 aromatic heterocycles. The average molecular weight is 333 g/mol. The molecule has 2 N–H and O–H groups in total. The average Bonchev–Trinajstić information content (AvgIpc) is 2.81. The maximum Gasteiger partial charge on any atom is 0.226 e. The number of amides is 2. The largest absolute Gasteiger partial charge is 0.390 e. The zero-order valence-corrected chi connectivity index (χ0v) is 14.8. The van der Waals surface area contributed by atoms with Crippen molar-refractivity contribution in [1.29, 1.82) is 0 Å². The van der Waals surface area contributed by atoms with Gasteiger partial charge in [0.15, 0.2) is 0 Å². The van der Waals surface area contributed by atoms with Crippen LogP contribution in [0.1, 0.15) is 23.6 Å². The number of nitrogens with zero attached hydrogens (tertiary/aromatic N) is 2. The molecule has 0 bridgehead atoms. The molecule has 1 heterocycles. The van der Waals surface area contributed by atoms with Gasteiger partial charge in [-0.2, -0.15) is 0 Å². The van der Waals surface area contributed by atoms with E-state index in [-0.39, 0.29) is 30.8 Å². The van der Waals surface area contributed by atoms with Gasteiger partial charge in [-0.25, -0.2) is 0 Å². The zero-order chi connectivity index (χ0) is 17.9. The Morgan fingerprint density at radius 3 is 2.58 bits per heavy atom. The van der Waals surface area contributed by atoms with Gasteiger partial charge in [0.25, 0.3) is 0 Å². The molecule has 6 nitrogen and oxygen atoms in total. The van der Waals surface area contributed by atoms with Crippen molar-refractivity contribution in [2.45, 2.75) is 25.5 Å². The Bertz CT molecular complexity index is 586. The Morgan fingerprint density at radius 1 is 1.38 bits per heavy atom. The topological polar surface area (TPSA) is 72.9 Å². The molecule has 1 aliphatic heterocycles. The second-order valence-electron chi connectivity index (χ2n) is 6.83. The van der Waals surface area contributed by atoms with Crippen LogP contribution in [0.2, 0.25) is 0 Å². The number of hydrogen-bond donors (Lipinski definition) is 2. The van der Waals surface area contributed by atoms with Gasteiger partial charge in [0.1, 0.15) is 0 Å². The summed E-state index contributed by atoms with van der Waals surface area (Å²) < 4.78 is 0. The third-order valence-electron chi connectivity index (χ3n) is 4.43. The number of nitrogens with one attached hydrogen (secondary N) is 1. The Kier molecular flexibility index (Phi) is 5.96. The smallest absolute Gasteiger partial charge is 0.226 e. The predicted octanol–water partition coefficient (Wildman–Crippen LogP) is 0.553. The van der Waals surface area contributed by atoms with Crippen molar-refractivity contribution in [2.24, 2.45) is 5.92 Å². The Labute approximate surface area is 143 Å². The van der Waals surface area contributed by atoms with E-state index in [4.69, 9.17) is 0 Å². The van der Waals surface area contributed by atoms with Gasteiger partial charge in [-0.15, -0.1) is 0 Å². The molecule has 0 spiro atoms. The predicted molar refractivity (Wildman–Crippen MR) is 92.4 cm³/mol. The second-order valence-corrected chi connectivity index (χ2v) is 6.83. The minimum atomic E-state index is -0.628. The molecule has 2 rings (SSSR count). The van der Waals surface area contributed by atoms with E-state index in [1.807, 2.05) is 50.2 Å². The van der Waals surface area contributed by atoms with Crippen LogP contribution in [-0.4, -0.2) is 67.1 Å². The Hall–Kier alpha value is -1.92. The van der Waals surface area contributed by atoms with Crippen LogP contribution in [0.15, 0.2) is 24.3 Å². The Morgan fingerprint density at radius 2 is 2.00 bits per heavy atom. The molecule has 0 aliphatic carbocycles. The first-order chi connectivity index (χ1) is 11.3. The van der Waals surface area contributed by atoms with E-state index in [0.717, 1.165) is 11.1 Å². The van der Waals surface area contributed by atoms with E-state index in [9.17, 15) is 14.7 Å². The van der Waals surface area contributed by atoms with Gasteiger partial charge >= 0.3 is 0 Å². The van der Waals surface area contributed by atoms with Crippen LogP contribution in [0.4, 0.5) is 0 Å². The molecule has 1 fully saturated rings. The summed E-state index contributed by atoms with van der Waals surface area (Å²) in [5, 5.41) is 12.7. The molecule has 1 saturated heterocycles. The van der Waals surface area contributed by atoms with Crippen molar-refractivity contribution in [3.05, 3.63) is 35.4 Å². The van der Waals surface area contributed by atoms with Gasteiger partial charge in [0.05, 0.1) is 18.1 Å². The van der Waals surface area contributed by atoms with Crippen LogP contribution in [0.5, 0.6) is 0 Å². The highest BCUT2D eigenvalue weighted by molar-refractivity contribution is 5.90. The summed E-state index contributed by atoms with van der Waals surface area (Å²) in [4.78, 5) is 28.2. The maximum atomic E-state index is 12.6. The molecule has 6 heteroatoms. The quantitative estimate of drug-likeness (QED) is 0.798. The van der Waals surface area contributed by atoms with Crippen molar-refractivity contribution < 1.29 is 14.7 Å². The van der Waals surface area contributed by atoms with Gasteiger partial charge < -0.3 is 20.2 Å². The minimum Gasteiger partial charge on any atom is -0.390 e. The lowest BCUT2D eigenvalue weighted by Crippen LogP contribution is -2.41. The molecule has 1 aromatic rings. The van der Waals surface area contributed by atoms with Crippen molar-refractivity contribution in [2.75, 3.05) is 34.2 Å². The number of aliphatic hydroxyl groups excluding tert-OH is 1. The third kappa shape index (κ3) is 4.33. The van der Waals surface area contributed by atoms with E-state index in [1.165, 1.54) is 0 Å². The maximum absolute atomic E-state index is 12.6. The van der Waals surface area contributed by atoms with E-state index >= 15 is 0 Å². The SMILES string of the molecule is Cc1ccc(C2C(C(=O)NCC(O)CN(C)C)CC(=O)N2C)cc1. The van der Waals surface area contributed by atoms with Crippen molar-refractivity contribution in [3.8, 4) is 0 Å². The van der Waals surface area contributed by atoms with Crippen LogP contribution in [0, 0.1) is 12.8 Å². The summed E-state index contributed by atoms with van der Waals surface area (Å²) in [7, 11) is 5.47. The van der Waals surface area contributed by atoms with E-state index in [0.29, 0.717) is 6.54 Å². The minimum absolute atomic E-state index is 0.0328. The first kappa shape index (κ1) is 18.4. The summed E-state index contributed by atoms with van der Waals surface area (Å²) in [5.74, 6) is -0.651. The number of hydrogen-bond acceptors (Lipinski definition) is 4. The molecule has 24 heavy (non-hydrogen) atoms. The third-order valence-corrected chi connectivity index (χ3v) is 4.43. The van der Waals surface area contributed by atoms with Crippen LogP contribution >= 0.6 is 0 Å². The molecule has 2 amide bonds. The summed E-state index contributed by atoms with van der Waals surface area (Å²) in [5.41, 5.74) is 2.10. The van der Waals surface area contributed by atoms with E-state index < -0.39 is 12.0 Å². The first-order valence-electron chi connectivity index (χ1n) is 8.22. The molecule has 132 valence electrons. The number of likely N-dealkylation sites (N-methyl/N-ethyl adjacent to an activating group) is 1. The number of carbonyl (C=O) groups is 2. The monoisotopic (exact) mass is 333 g/mol. The first-order valence-corrected chi connectivity index (χ1v) is 8.22. The van der Waals surface area contributed by atoms with Crippen molar-refractivity contribution >= 4 is 11.8 Å². The Balaban J connectivity index is 2.07. The fraction of sp³-hybridized carbons (Fsp3) is 0.556. The lowest BCUT2D eigenvalue weighted by molar-refractivity contribution is -0.128. The van der Waals surface area contributed by atoms with Gasteiger partial charge in [-0.3, -0.25) is 9.59 Å². The van der Waals surface area contributed by atoms with Crippen molar-refractivity contribution in [1.82, 2.24) is 15.1 Å². The summed E-state index contributed by atoms with van der Waals surface area (Å²) in [6.07, 6.45) is -0.429.